The fourth-order valence-electron chi connectivity index (χ4n) is 1.80. The van der Waals surface area contributed by atoms with Gasteiger partial charge < -0.3 is 4.40 Å². The number of imidazole rings is 1. The van der Waals surface area contributed by atoms with E-state index in [1.807, 2.05) is 22.7 Å². The number of halogens is 2. The number of nitrogens with zero attached hydrogens (tertiary/aromatic N) is 2. The molecule has 0 aromatic carbocycles. The highest BCUT2D eigenvalue weighted by molar-refractivity contribution is 6.30. The second kappa shape index (κ2) is 3.94. The molecule has 4 heteroatoms. The Morgan fingerprint density at radius 2 is 2.06 bits per heavy atom. The van der Waals surface area contributed by atoms with Crippen LogP contribution in [0.25, 0.3) is 5.65 Å². The summed E-state index contributed by atoms with van der Waals surface area (Å²) in [7, 11) is 0. The standard InChI is InChI=1S/C12H14Cl2N2/c1-12(2,3)11-9(7-13)16-5-4-8(14)6-10(16)15-11/h4-6H,7H2,1-3H3. The molecule has 2 rings (SSSR count). The average Bonchev–Trinajstić information content (AvgIpc) is 2.54. The third-order valence-corrected chi connectivity index (χ3v) is 3.01. The van der Waals surface area contributed by atoms with E-state index in [1.165, 1.54) is 0 Å². The minimum Gasteiger partial charge on any atom is -0.302 e. The number of hydrogen-bond donors (Lipinski definition) is 0. The van der Waals surface area contributed by atoms with E-state index in [4.69, 9.17) is 23.2 Å². The highest BCUT2D eigenvalue weighted by Crippen LogP contribution is 2.28. The predicted octanol–water partition coefficient (Wildman–Crippen LogP) is 4.02. The quantitative estimate of drug-likeness (QED) is 0.705. The number of rotatable bonds is 1. The van der Waals surface area contributed by atoms with Crippen LogP contribution in [0.1, 0.15) is 32.2 Å². The smallest absolute Gasteiger partial charge is 0.138 e. The Hall–Kier alpha value is -0.730. The van der Waals surface area contributed by atoms with Crippen LogP contribution < -0.4 is 0 Å². The zero-order valence-electron chi connectivity index (χ0n) is 9.59. The van der Waals surface area contributed by atoms with E-state index in [0.717, 1.165) is 17.0 Å². The Labute approximate surface area is 105 Å². The molecule has 86 valence electrons. The lowest BCUT2D eigenvalue weighted by molar-refractivity contribution is 0.567. The van der Waals surface area contributed by atoms with Gasteiger partial charge in [-0.25, -0.2) is 4.98 Å². The average molecular weight is 257 g/mol. The molecule has 0 saturated carbocycles. The summed E-state index contributed by atoms with van der Waals surface area (Å²) < 4.78 is 2.00. The minimum absolute atomic E-state index is 0.0112. The number of aromatic nitrogens is 2. The van der Waals surface area contributed by atoms with Crippen LogP contribution >= 0.6 is 23.2 Å². The highest BCUT2D eigenvalue weighted by atomic mass is 35.5. The van der Waals surface area contributed by atoms with Crippen LogP contribution in [0.15, 0.2) is 18.3 Å². The van der Waals surface area contributed by atoms with Crippen molar-refractivity contribution in [3.8, 4) is 0 Å². The molecule has 2 aromatic rings. The van der Waals surface area contributed by atoms with Crippen LogP contribution in [-0.4, -0.2) is 9.38 Å². The van der Waals surface area contributed by atoms with Gasteiger partial charge in [-0.3, -0.25) is 0 Å². The maximum absolute atomic E-state index is 6.00. The summed E-state index contributed by atoms with van der Waals surface area (Å²) in [6.45, 7) is 6.39. The number of hydrogen-bond acceptors (Lipinski definition) is 1. The summed E-state index contributed by atoms with van der Waals surface area (Å²) in [5.74, 6) is 0.454. The lowest BCUT2D eigenvalue weighted by atomic mass is 9.91. The molecule has 0 aliphatic heterocycles. The maximum Gasteiger partial charge on any atom is 0.138 e. The highest BCUT2D eigenvalue weighted by Gasteiger charge is 2.23. The third-order valence-electron chi connectivity index (χ3n) is 2.52. The molecular weight excluding hydrogens is 243 g/mol. The SMILES string of the molecule is CC(C)(C)c1nc2cc(Cl)ccn2c1CCl. The lowest BCUT2D eigenvalue weighted by Crippen LogP contribution is -2.14. The fraction of sp³-hybridized carbons (Fsp3) is 0.417. The van der Waals surface area contributed by atoms with Gasteiger partial charge in [0.1, 0.15) is 5.65 Å². The molecule has 0 amide bonds. The molecule has 0 radical (unpaired) electrons. The number of alkyl halides is 1. The zero-order valence-corrected chi connectivity index (χ0v) is 11.1. The normalized spacial score (nSPS) is 12.3. The Morgan fingerprint density at radius 3 is 2.62 bits per heavy atom. The van der Waals surface area contributed by atoms with Crippen molar-refractivity contribution >= 4 is 28.8 Å². The minimum atomic E-state index is -0.0112. The molecule has 2 heterocycles. The molecule has 2 nitrogen and oxygen atoms in total. The van der Waals surface area contributed by atoms with Gasteiger partial charge in [0, 0.05) is 22.7 Å². The van der Waals surface area contributed by atoms with Crippen molar-refractivity contribution < 1.29 is 0 Å². The molecule has 2 aromatic heterocycles. The van der Waals surface area contributed by atoms with Gasteiger partial charge in [0.2, 0.25) is 0 Å². The van der Waals surface area contributed by atoms with Gasteiger partial charge in [-0.2, -0.15) is 0 Å². The molecule has 0 spiro atoms. The van der Waals surface area contributed by atoms with Gasteiger partial charge in [0.05, 0.1) is 17.3 Å². The van der Waals surface area contributed by atoms with Crippen LogP contribution in [0.5, 0.6) is 0 Å². The summed E-state index contributed by atoms with van der Waals surface area (Å²) in [6, 6.07) is 3.70. The first-order valence-electron chi connectivity index (χ1n) is 5.16. The summed E-state index contributed by atoms with van der Waals surface area (Å²) in [5.41, 5.74) is 2.92. The van der Waals surface area contributed by atoms with E-state index in [-0.39, 0.29) is 5.41 Å². The first-order valence-corrected chi connectivity index (χ1v) is 6.07. The Balaban J connectivity index is 2.76. The first-order chi connectivity index (χ1) is 7.43. The van der Waals surface area contributed by atoms with Gasteiger partial charge in [-0.15, -0.1) is 11.6 Å². The maximum atomic E-state index is 6.00. The monoisotopic (exact) mass is 256 g/mol. The molecular formula is C12H14Cl2N2. The van der Waals surface area contributed by atoms with Crippen LogP contribution in [0.2, 0.25) is 5.02 Å². The van der Waals surface area contributed by atoms with E-state index < -0.39 is 0 Å². The van der Waals surface area contributed by atoms with Crippen molar-refractivity contribution in [3.05, 3.63) is 34.7 Å². The number of fused-ring (bicyclic) bond motifs is 1. The topological polar surface area (TPSA) is 17.3 Å². The Morgan fingerprint density at radius 1 is 1.38 bits per heavy atom. The van der Waals surface area contributed by atoms with Crippen molar-refractivity contribution in [1.82, 2.24) is 9.38 Å². The van der Waals surface area contributed by atoms with E-state index >= 15 is 0 Å². The summed E-state index contributed by atoms with van der Waals surface area (Å²) >= 11 is 12.0. The van der Waals surface area contributed by atoms with E-state index in [9.17, 15) is 0 Å². The molecule has 0 unspecified atom stereocenters. The zero-order chi connectivity index (χ0) is 11.9. The van der Waals surface area contributed by atoms with Crippen molar-refractivity contribution in [2.75, 3.05) is 0 Å². The predicted molar refractivity (Wildman–Crippen MR) is 68.5 cm³/mol. The van der Waals surface area contributed by atoms with Gasteiger partial charge in [0.25, 0.3) is 0 Å². The van der Waals surface area contributed by atoms with Crippen LogP contribution in [0.4, 0.5) is 0 Å². The first kappa shape index (κ1) is 11.7. The summed E-state index contributed by atoms with van der Waals surface area (Å²) in [6.07, 6.45) is 1.91. The summed E-state index contributed by atoms with van der Waals surface area (Å²) in [4.78, 5) is 4.61. The molecule has 0 atom stereocenters. The fourth-order valence-corrected chi connectivity index (χ4v) is 2.21. The lowest BCUT2D eigenvalue weighted by Gasteiger charge is -2.16. The third kappa shape index (κ3) is 1.92. The van der Waals surface area contributed by atoms with E-state index in [0.29, 0.717) is 10.9 Å². The Kier molecular flexibility index (Phi) is 2.89. The van der Waals surface area contributed by atoms with Crippen molar-refractivity contribution in [1.29, 1.82) is 0 Å². The van der Waals surface area contributed by atoms with Crippen molar-refractivity contribution in [2.45, 2.75) is 32.1 Å². The van der Waals surface area contributed by atoms with Crippen LogP contribution in [0.3, 0.4) is 0 Å². The van der Waals surface area contributed by atoms with Crippen LogP contribution in [-0.2, 0) is 11.3 Å². The Bertz CT molecular complexity index is 524. The molecule has 0 N–H and O–H groups in total. The van der Waals surface area contributed by atoms with E-state index in [2.05, 4.69) is 25.8 Å². The van der Waals surface area contributed by atoms with Gasteiger partial charge in [-0.1, -0.05) is 32.4 Å². The largest absolute Gasteiger partial charge is 0.302 e. The van der Waals surface area contributed by atoms with Gasteiger partial charge in [-0.05, 0) is 6.07 Å². The van der Waals surface area contributed by atoms with Gasteiger partial charge in [0.15, 0.2) is 0 Å². The van der Waals surface area contributed by atoms with E-state index in [1.54, 1.807) is 0 Å². The second-order valence-electron chi connectivity index (χ2n) is 4.86. The molecule has 0 saturated heterocycles. The molecule has 16 heavy (non-hydrogen) atoms. The molecule has 0 fully saturated rings. The van der Waals surface area contributed by atoms with Crippen molar-refractivity contribution in [2.24, 2.45) is 0 Å². The molecule has 0 aliphatic carbocycles. The van der Waals surface area contributed by atoms with Crippen molar-refractivity contribution in [3.63, 3.8) is 0 Å². The van der Waals surface area contributed by atoms with Gasteiger partial charge >= 0.3 is 0 Å². The number of pyridine rings is 1. The summed E-state index contributed by atoms with van der Waals surface area (Å²) in [5, 5.41) is 0.694. The molecule has 0 bridgehead atoms. The van der Waals surface area contributed by atoms with Crippen LogP contribution in [0, 0.1) is 0 Å². The molecule has 0 aliphatic rings. The second-order valence-corrected chi connectivity index (χ2v) is 5.57.